The van der Waals surface area contributed by atoms with E-state index >= 15 is 0 Å². The van der Waals surface area contributed by atoms with Gasteiger partial charge < -0.3 is 9.47 Å². The van der Waals surface area contributed by atoms with Gasteiger partial charge in [0.15, 0.2) is 0 Å². The molecule has 1 aromatic carbocycles. The molecule has 0 saturated carbocycles. The molecule has 6 nitrogen and oxygen atoms in total. The zero-order chi connectivity index (χ0) is 18.0. The number of nitrogens with zero attached hydrogens (tertiary/aromatic N) is 1. The summed E-state index contributed by atoms with van der Waals surface area (Å²) in [6.45, 7) is 0.426. The number of thiophene rings is 1. The Labute approximate surface area is 151 Å². The van der Waals surface area contributed by atoms with E-state index < -0.39 is 16.0 Å². The maximum absolute atomic E-state index is 13.1. The molecule has 2 aromatic rings. The van der Waals surface area contributed by atoms with Crippen LogP contribution in [0.15, 0.2) is 40.6 Å². The molecule has 25 heavy (non-hydrogen) atoms. The van der Waals surface area contributed by atoms with Crippen molar-refractivity contribution in [1.29, 1.82) is 0 Å². The van der Waals surface area contributed by atoms with Crippen molar-refractivity contribution in [3.63, 3.8) is 0 Å². The molecule has 1 aliphatic rings. The lowest BCUT2D eigenvalue weighted by Crippen LogP contribution is -2.31. The van der Waals surface area contributed by atoms with Crippen LogP contribution in [0, 0.1) is 0 Å². The molecule has 0 spiro atoms. The molecule has 1 fully saturated rings. The lowest BCUT2D eigenvalue weighted by atomic mass is 10.1. The topological polar surface area (TPSA) is 72.9 Å². The highest BCUT2D eigenvalue weighted by molar-refractivity contribution is 7.89. The van der Waals surface area contributed by atoms with E-state index in [9.17, 15) is 13.2 Å². The van der Waals surface area contributed by atoms with Gasteiger partial charge in [-0.3, -0.25) is 0 Å². The quantitative estimate of drug-likeness (QED) is 0.744. The standard InChI is InChI=1S/C17H19NO5S2/c1-22-13-7-5-12(6-8-13)14-4-3-10-18(14)25(20,21)15-9-11-24-16(15)17(19)23-2/h5-9,11,14H,3-4,10H2,1-2H3. The van der Waals surface area contributed by atoms with Crippen molar-refractivity contribution in [3.8, 4) is 5.75 Å². The molecule has 3 rings (SSSR count). The molecular weight excluding hydrogens is 362 g/mol. The Morgan fingerprint density at radius 1 is 1.20 bits per heavy atom. The van der Waals surface area contributed by atoms with Gasteiger partial charge in [0, 0.05) is 6.54 Å². The van der Waals surface area contributed by atoms with E-state index in [0.717, 1.165) is 35.5 Å². The summed E-state index contributed by atoms with van der Waals surface area (Å²) in [5, 5.41) is 1.59. The molecule has 0 N–H and O–H groups in total. The number of methoxy groups -OCH3 is 2. The third kappa shape index (κ3) is 3.29. The van der Waals surface area contributed by atoms with Gasteiger partial charge >= 0.3 is 5.97 Å². The molecule has 1 aliphatic heterocycles. The van der Waals surface area contributed by atoms with Crippen LogP contribution in [0.25, 0.3) is 0 Å². The van der Waals surface area contributed by atoms with E-state index in [1.54, 1.807) is 12.5 Å². The number of carbonyl (C=O) groups is 1. The van der Waals surface area contributed by atoms with E-state index in [1.807, 2.05) is 24.3 Å². The second-order valence-corrected chi connectivity index (χ2v) is 8.43. The van der Waals surface area contributed by atoms with Crippen molar-refractivity contribution in [1.82, 2.24) is 4.31 Å². The summed E-state index contributed by atoms with van der Waals surface area (Å²) in [5.74, 6) is 0.0933. The lowest BCUT2D eigenvalue weighted by Gasteiger charge is -2.24. The number of benzene rings is 1. The van der Waals surface area contributed by atoms with E-state index in [0.29, 0.717) is 6.54 Å². The number of ether oxygens (including phenoxy) is 2. The average molecular weight is 381 g/mol. The third-order valence-electron chi connectivity index (χ3n) is 4.29. The van der Waals surface area contributed by atoms with Crippen LogP contribution in [0.4, 0.5) is 0 Å². The molecule has 2 heterocycles. The first kappa shape index (κ1) is 17.9. The predicted octanol–water partition coefficient (Wildman–Crippen LogP) is 3.07. The summed E-state index contributed by atoms with van der Waals surface area (Å²) in [4.78, 5) is 12.0. The minimum Gasteiger partial charge on any atom is -0.497 e. The smallest absolute Gasteiger partial charge is 0.349 e. The summed E-state index contributed by atoms with van der Waals surface area (Å²) < 4.78 is 37.6. The Morgan fingerprint density at radius 3 is 2.56 bits per heavy atom. The molecule has 1 saturated heterocycles. The van der Waals surface area contributed by atoms with Crippen LogP contribution in [-0.2, 0) is 14.8 Å². The van der Waals surface area contributed by atoms with Gasteiger partial charge in [0.25, 0.3) is 0 Å². The Kier molecular flexibility index (Phi) is 5.12. The van der Waals surface area contributed by atoms with E-state index in [-0.39, 0.29) is 15.8 Å². The van der Waals surface area contributed by atoms with E-state index in [1.165, 1.54) is 17.5 Å². The summed E-state index contributed by atoms with van der Waals surface area (Å²) in [5.41, 5.74) is 0.914. The molecule has 0 amide bonds. The fourth-order valence-electron chi connectivity index (χ4n) is 3.06. The van der Waals surface area contributed by atoms with Crippen molar-refractivity contribution in [2.75, 3.05) is 20.8 Å². The Morgan fingerprint density at radius 2 is 1.92 bits per heavy atom. The van der Waals surface area contributed by atoms with Gasteiger partial charge in [-0.05, 0) is 42.0 Å². The number of hydrogen-bond donors (Lipinski definition) is 0. The Balaban J connectivity index is 1.96. The minimum absolute atomic E-state index is 0.0183. The summed E-state index contributed by atoms with van der Waals surface area (Å²) in [6, 6.07) is 8.63. The first-order chi connectivity index (χ1) is 12.0. The minimum atomic E-state index is -3.78. The summed E-state index contributed by atoms with van der Waals surface area (Å²) in [6.07, 6.45) is 1.51. The van der Waals surface area contributed by atoms with Gasteiger partial charge in [0.1, 0.15) is 15.5 Å². The number of hydrogen-bond acceptors (Lipinski definition) is 6. The average Bonchev–Trinajstić information content (AvgIpc) is 3.31. The van der Waals surface area contributed by atoms with Crippen LogP contribution in [0.5, 0.6) is 5.75 Å². The largest absolute Gasteiger partial charge is 0.497 e. The fourth-order valence-corrected chi connectivity index (χ4v) is 6.05. The molecule has 0 aliphatic carbocycles. The highest BCUT2D eigenvalue weighted by Gasteiger charge is 2.38. The van der Waals surface area contributed by atoms with Gasteiger partial charge in [-0.15, -0.1) is 11.3 Å². The second kappa shape index (κ2) is 7.15. The van der Waals surface area contributed by atoms with Gasteiger partial charge in [0.05, 0.1) is 20.3 Å². The maximum atomic E-state index is 13.1. The van der Waals surface area contributed by atoms with Crippen LogP contribution < -0.4 is 4.74 Å². The van der Waals surface area contributed by atoms with Crippen LogP contribution in [0.1, 0.15) is 34.1 Å². The molecule has 134 valence electrons. The molecule has 1 unspecified atom stereocenters. The Hall–Kier alpha value is -1.90. The maximum Gasteiger partial charge on any atom is 0.349 e. The third-order valence-corrected chi connectivity index (χ3v) is 7.26. The first-order valence-electron chi connectivity index (χ1n) is 7.80. The summed E-state index contributed by atoms with van der Waals surface area (Å²) >= 11 is 1.07. The normalized spacial score (nSPS) is 18.2. The molecule has 1 atom stereocenters. The lowest BCUT2D eigenvalue weighted by molar-refractivity contribution is 0.0602. The van der Waals surface area contributed by atoms with Gasteiger partial charge in [-0.1, -0.05) is 12.1 Å². The first-order valence-corrected chi connectivity index (χ1v) is 10.1. The van der Waals surface area contributed by atoms with Crippen molar-refractivity contribution in [2.45, 2.75) is 23.8 Å². The SMILES string of the molecule is COC(=O)c1sccc1S(=O)(=O)N1CCCC1c1ccc(OC)cc1. The zero-order valence-corrected chi connectivity index (χ0v) is 15.6. The van der Waals surface area contributed by atoms with Gasteiger partial charge in [0.2, 0.25) is 10.0 Å². The highest BCUT2D eigenvalue weighted by Crippen LogP contribution is 2.38. The van der Waals surface area contributed by atoms with Crippen molar-refractivity contribution in [3.05, 3.63) is 46.2 Å². The molecule has 8 heteroatoms. The Bertz CT molecular complexity index is 857. The second-order valence-electron chi connectivity index (χ2n) is 5.65. The highest BCUT2D eigenvalue weighted by atomic mass is 32.2. The van der Waals surface area contributed by atoms with Crippen LogP contribution in [0.2, 0.25) is 0 Å². The van der Waals surface area contributed by atoms with E-state index in [2.05, 4.69) is 0 Å². The van der Waals surface area contributed by atoms with E-state index in [4.69, 9.17) is 9.47 Å². The number of rotatable bonds is 5. The fraction of sp³-hybridized carbons (Fsp3) is 0.353. The van der Waals surface area contributed by atoms with Crippen LogP contribution in [-0.4, -0.2) is 39.5 Å². The molecule has 1 aromatic heterocycles. The van der Waals surface area contributed by atoms with Crippen molar-refractivity contribution < 1.29 is 22.7 Å². The van der Waals surface area contributed by atoms with Crippen LogP contribution in [0.3, 0.4) is 0 Å². The molecular formula is C17H19NO5S2. The van der Waals surface area contributed by atoms with Crippen LogP contribution >= 0.6 is 11.3 Å². The summed E-state index contributed by atoms with van der Waals surface area (Å²) in [7, 11) is -0.948. The van der Waals surface area contributed by atoms with Gasteiger partial charge in [-0.25, -0.2) is 13.2 Å². The van der Waals surface area contributed by atoms with Crippen molar-refractivity contribution in [2.24, 2.45) is 0 Å². The number of sulfonamides is 1. The monoisotopic (exact) mass is 381 g/mol. The van der Waals surface area contributed by atoms with Crippen molar-refractivity contribution >= 4 is 27.3 Å². The predicted molar refractivity (Wildman–Crippen MR) is 94.5 cm³/mol. The molecule has 0 bridgehead atoms. The molecule has 0 radical (unpaired) electrons. The number of esters is 1. The zero-order valence-electron chi connectivity index (χ0n) is 14.0. The number of carbonyl (C=O) groups excluding carboxylic acids is 1. The van der Waals surface area contributed by atoms with Gasteiger partial charge in [-0.2, -0.15) is 4.31 Å².